The van der Waals surface area contributed by atoms with Crippen molar-refractivity contribution in [3.05, 3.63) is 0 Å². The molecule has 2 fully saturated rings. The van der Waals surface area contributed by atoms with Crippen molar-refractivity contribution in [2.45, 2.75) is 75.7 Å². The maximum absolute atomic E-state index is 9.28. The smallest absolute Gasteiger partial charge is 0.414 e. The fourth-order valence-corrected chi connectivity index (χ4v) is 2.53. The van der Waals surface area contributed by atoms with E-state index < -0.39 is 23.1 Å². The van der Waals surface area contributed by atoms with Crippen LogP contribution in [0.3, 0.4) is 0 Å². The highest BCUT2D eigenvalue weighted by Crippen LogP contribution is 2.28. The van der Waals surface area contributed by atoms with E-state index in [0.29, 0.717) is 0 Å². The molecule has 8 nitrogen and oxygen atoms in total. The summed E-state index contributed by atoms with van der Waals surface area (Å²) in [7, 11) is 0. The predicted molar refractivity (Wildman–Crippen MR) is 80.2 cm³/mol. The van der Waals surface area contributed by atoms with Gasteiger partial charge in [0.15, 0.2) is 0 Å². The zero-order valence-electron chi connectivity index (χ0n) is 13.2. The minimum atomic E-state index is -1.82. The first-order valence-electron chi connectivity index (χ1n) is 7.27. The Morgan fingerprint density at radius 3 is 1.18 bits per heavy atom. The van der Waals surface area contributed by atoms with Crippen LogP contribution in [-0.4, -0.2) is 55.7 Å². The molecule has 0 amide bonds. The second-order valence-electron chi connectivity index (χ2n) is 6.61. The Hall–Kier alpha value is -1.22. The Labute approximate surface area is 130 Å². The van der Waals surface area contributed by atoms with Gasteiger partial charge in [-0.1, -0.05) is 0 Å². The van der Waals surface area contributed by atoms with Crippen LogP contribution in [0, 0.1) is 0 Å². The second kappa shape index (κ2) is 8.42. The van der Waals surface area contributed by atoms with Crippen molar-refractivity contribution < 1.29 is 30.0 Å². The SMILES string of the molecule is C[C@@]1(O)CC[C@H](N)C1.C[C@@]1(O)CC[C@H](N)C1.O=C(O)C(=O)O. The van der Waals surface area contributed by atoms with Crippen LogP contribution in [0.25, 0.3) is 0 Å². The van der Waals surface area contributed by atoms with E-state index in [4.69, 9.17) is 31.3 Å². The molecule has 0 unspecified atom stereocenters. The number of hydrogen-bond acceptors (Lipinski definition) is 6. The minimum absolute atomic E-state index is 0.241. The molecule has 22 heavy (non-hydrogen) atoms. The third-order valence-electron chi connectivity index (χ3n) is 3.69. The molecule has 0 heterocycles. The van der Waals surface area contributed by atoms with Crippen molar-refractivity contribution in [3.8, 4) is 0 Å². The van der Waals surface area contributed by atoms with Gasteiger partial charge in [-0.15, -0.1) is 0 Å². The first-order valence-corrected chi connectivity index (χ1v) is 7.27. The van der Waals surface area contributed by atoms with E-state index in [0.717, 1.165) is 38.5 Å². The first-order chi connectivity index (χ1) is 9.84. The molecule has 0 aliphatic heterocycles. The van der Waals surface area contributed by atoms with Crippen molar-refractivity contribution in [1.82, 2.24) is 0 Å². The summed E-state index contributed by atoms with van der Waals surface area (Å²) in [5, 5.41) is 33.4. The molecule has 0 saturated heterocycles. The van der Waals surface area contributed by atoms with Gasteiger partial charge in [-0.3, -0.25) is 0 Å². The molecule has 8 N–H and O–H groups in total. The maximum atomic E-state index is 9.28. The van der Waals surface area contributed by atoms with Crippen molar-refractivity contribution >= 4 is 11.9 Å². The Morgan fingerprint density at radius 2 is 1.14 bits per heavy atom. The van der Waals surface area contributed by atoms with Gasteiger partial charge in [-0.2, -0.15) is 0 Å². The Morgan fingerprint density at radius 1 is 0.864 bits per heavy atom. The molecule has 2 rings (SSSR count). The highest BCUT2D eigenvalue weighted by molar-refractivity contribution is 6.27. The molecule has 2 aliphatic carbocycles. The molecule has 0 aromatic carbocycles. The number of carboxylic acid groups (broad SMARTS) is 2. The van der Waals surface area contributed by atoms with Crippen LogP contribution >= 0.6 is 0 Å². The molecule has 130 valence electrons. The van der Waals surface area contributed by atoms with E-state index in [1.54, 1.807) is 0 Å². The molecule has 2 saturated carbocycles. The summed E-state index contributed by atoms with van der Waals surface area (Å²) in [5.41, 5.74) is 10.2. The zero-order valence-corrected chi connectivity index (χ0v) is 13.2. The van der Waals surface area contributed by atoms with Crippen LogP contribution in [0.5, 0.6) is 0 Å². The van der Waals surface area contributed by atoms with E-state index in [9.17, 15) is 10.2 Å². The van der Waals surface area contributed by atoms with Gasteiger partial charge in [0.2, 0.25) is 0 Å². The van der Waals surface area contributed by atoms with Gasteiger partial charge in [-0.05, 0) is 52.4 Å². The second-order valence-corrected chi connectivity index (χ2v) is 6.61. The molecule has 8 heteroatoms. The van der Waals surface area contributed by atoms with Crippen LogP contribution < -0.4 is 11.5 Å². The number of rotatable bonds is 0. The lowest BCUT2D eigenvalue weighted by Crippen LogP contribution is -2.23. The third kappa shape index (κ3) is 9.67. The molecule has 0 aromatic rings. The fourth-order valence-electron chi connectivity index (χ4n) is 2.53. The summed E-state index contributed by atoms with van der Waals surface area (Å²) in [6.45, 7) is 3.69. The van der Waals surface area contributed by atoms with E-state index in [1.807, 2.05) is 13.8 Å². The standard InChI is InChI=1S/2C6H13NO.C2H2O4/c2*1-6(8)3-2-5(7)4-6;3-1(4)2(5)6/h2*5,8H,2-4,7H2,1H3;(H,3,4)(H,5,6)/t2*5-,6+;/m00./s1. The number of hydrogen-bond donors (Lipinski definition) is 6. The quantitative estimate of drug-likeness (QED) is 0.329. The lowest BCUT2D eigenvalue weighted by atomic mass is 10.1. The zero-order chi connectivity index (χ0) is 17.6. The van der Waals surface area contributed by atoms with Crippen LogP contribution in [0.1, 0.15) is 52.4 Å². The summed E-state index contributed by atoms with van der Waals surface area (Å²) >= 11 is 0. The molecular weight excluding hydrogens is 292 g/mol. The van der Waals surface area contributed by atoms with E-state index >= 15 is 0 Å². The summed E-state index contributed by atoms with van der Waals surface area (Å²) < 4.78 is 0. The number of aliphatic carboxylic acids is 2. The van der Waals surface area contributed by atoms with E-state index in [-0.39, 0.29) is 12.1 Å². The molecule has 4 atom stereocenters. The number of carbonyl (C=O) groups is 2. The molecule has 0 spiro atoms. The van der Waals surface area contributed by atoms with Gasteiger partial charge >= 0.3 is 11.9 Å². The lowest BCUT2D eigenvalue weighted by Gasteiger charge is -2.13. The van der Waals surface area contributed by atoms with Crippen molar-refractivity contribution in [1.29, 1.82) is 0 Å². The number of nitrogens with two attached hydrogens (primary N) is 2. The topological polar surface area (TPSA) is 167 Å². The lowest BCUT2D eigenvalue weighted by molar-refractivity contribution is -0.159. The van der Waals surface area contributed by atoms with Crippen LogP contribution in [0.4, 0.5) is 0 Å². The maximum Gasteiger partial charge on any atom is 0.414 e. The van der Waals surface area contributed by atoms with Gasteiger partial charge in [0, 0.05) is 12.1 Å². The van der Waals surface area contributed by atoms with Crippen LogP contribution in [0.15, 0.2) is 0 Å². The number of aliphatic hydroxyl groups is 2. The normalized spacial score (nSPS) is 36.6. The van der Waals surface area contributed by atoms with Gasteiger partial charge in [0.05, 0.1) is 11.2 Å². The predicted octanol–water partition coefficient (Wildman–Crippen LogP) is -0.347. The highest BCUT2D eigenvalue weighted by Gasteiger charge is 2.30. The van der Waals surface area contributed by atoms with Gasteiger partial charge in [0.1, 0.15) is 0 Å². The third-order valence-corrected chi connectivity index (χ3v) is 3.69. The Bertz CT molecular complexity index is 348. The van der Waals surface area contributed by atoms with Gasteiger partial charge < -0.3 is 31.9 Å². The van der Waals surface area contributed by atoms with Gasteiger partial charge in [0.25, 0.3) is 0 Å². The Kier molecular flexibility index (Phi) is 7.96. The molecule has 0 aromatic heterocycles. The average Bonchev–Trinajstić information content (AvgIpc) is 2.81. The van der Waals surface area contributed by atoms with E-state index in [1.165, 1.54) is 0 Å². The summed E-state index contributed by atoms with van der Waals surface area (Å²) in [5.74, 6) is -3.65. The minimum Gasteiger partial charge on any atom is -0.473 e. The number of carboxylic acids is 2. The summed E-state index contributed by atoms with van der Waals surface area (Å²) in [4.78, 5) is 18.2. The van der Waals surface area contributed by atoms with E-state index in [2.05, 4.69) is 0 Å². The average molecular weight is 320 g/mol. The van der Waals surface area contributed by atoms with Crippen LogP contribution in [0.2, 0.25) is 0 Å². The fraction of sp³-hybridized carbons (Fsp3) is 0.857. The molecule has 0 bridgehead atoms. The molecule has 2 aliphatic rings. The monoisotopic (exact) mass is 320 g/mol. The summed E-state index contributed by atoms with van der Waals surface area (Å²) in [6, 6.07) is 0.481. The van der Waals surface area contributed by atoms with Crippen molar-refractivity contribution in [2.75, 3.05) is 0 Å². The molecule has 0 radical (unpaired) electrons. The van der Waals surface area contributed by atoms with Crippen molar-refractivity contribution in [3.63, 3.8) is 0 Å². The molecular formula is C14H28N2O6. The Balaban J connectivity index is 0.000000306. The highest BCUT2D eigenvalue weighted by atomic mass is 16.4. The van der Waals surface area contributed by atoms with Gasteiger partial charge in [-0.25, -0.2) is 9.59 Å². The van der Waals surface area contributed by atoms with Crippen LogP contribution in [-0.2, 0) is 9.59 Å². The first kappa shape index (κ1) is 20.8. The summed E-state index contributed by atoms with van der Waals surface area (Å²) in [6.07, 6.45) is 5.24. The largest absolute Gasteiger partial charge is 0.473 e. The van der Waals surface area contributed by atoms with Crippen molar-refractivity contribution in [2.24, 2.45) is 11.5 Å².